The first-order chi connectivity index (χ1) is 15.6. The van der Waals surface area contributed by atoms with Crippen LogP contribution in [0.1, 0.15) is 48.5 Å². The van der Waals surface area contributed by atoms with Gasteiger partial charge in [0.2, 0.25) is 0 Å². The Labute approximate surface area is 191 Å². The first kappa shape index (κ1) is 23.5. The number of ether oxygens (including phenoxy) is 1. The van der Waals surface area contributed by atoms with E-state index in [1.165, 1.54) is 17.3 Å². The third kappa shape index (κ3) is 4.85. The number of carbonyl (C=O) groups is 2. The number of anilines is 1. The number of fused-ring (bicyclic) bond motifs is 1. The quantitative estimate of drug-likeness (QED) is 0.613. The van der Waals surface area contributed by atoms with Crippen LogP contribution in [0.15, 0.2) is 5.38 Å². The summed E-state index contributed by atoms with van der Waals surface area (Å²) in [5.74, 6) is -2.04. The Morgan fingerprint density at radius 3 is 2.48 bits per heavy atom. The molecule has 1 saturated heterocycles. The second-order valence-electron chi connectivity index (χ2n) is 8.39. The number of halogens is 4. The van der Waals surface area contributed by atoms with Gasteiger partial charge >= 0.3 is 12.3 Å². The van der Waals surface area contributed by atoms with E-state index in [4.69, 9.17) is 4.74 Å². The number of carbonyl (C=O) groups excluding carboxylic acids is 2. The van der Waals surface area contributed by atoms with Gasteiger partial charge in [-0.1, -0.05) is 0 Å². The second kappa shape index (κ2) is 8.96. The number of amides is 2. The molecule has 2 aromatic rings. The van der Waals surface area contributed by atoms with Crippen molar-refractivity contribution in [2.24, 2.45) is 5.92 Å². The Bertz CT molecular complexity index is 1060. The van der Waals surface area contributed by atoms with E-state index in [2.05, 4.69) is 15.6 Å². The highest BCUT2D eigenvalue weighted by Crippen LogP contribution is 2.43. The Balaban J connectivity index is 1.54. The lowest BCUT2D eigenvalue weighted by molar-refractivity contribution is -0.138. The van der Waals surface area contributed by atoms with Gasteiger partial charge in [-0.15, -0.1) is 11.3 Å². The lowest BCUT2D eigenvalue weighted by Gasteiger charge is -2.33. The molecule has 2 amide bonds. The van der Waals surface area contributed by atoms with Crippen LogP contribution in [-0.2, 0) is 10.9 Å². The fraction of sp³-hybridized carbons (Fsp3) is 0.571. The van der Waals surface area contributed by atoms with Gasteiger partial charge in [-0.2, -0.15) is 13.2 Å². The summed E-state index contributed by atoms with van der Waals surface area (Å²) in [4.78, 5) is 29.7. The molecular formula is C21H24F4N4O3S. The van der Waals surface area contributed by atoms with E-state index >= 15 is 4.39 Å². The number of aromatic nitrogens is 1. The van der Waals surface area contributed by atoms with Crippen molar-refractivity contribution in [1.29, 1.82) is 0 Å². The topological polar surface area (TPSA) is 83.6 Å². The molecule has 4 rings (SSSR count). The van der Waals surface area contributed by atoms with Crippen molar-refractivity contribution in [3.05, 3.63) is 22.3 Å². The zero-order valence-corrected chi connectivity index (χ0v) is 18.9. The number of alkyl carbamates (subject to hydrolysis) is 1. The zero-order valence-electron chi connectivity index (χ0n) is 18.1. The SMILES string of the molecule is CNC(=O)c1csc2c(C(F)(F)F)c(F)c(N3CCC(OC(=O)N[C@@H](C)C4CC4)CC3)nc12. The van der Waals surface area contributed by atoms with Gasteiger partial charge in [0, 0.05) is 44.4 Å². The minimum Gasteiger partial charge on any atom is -0.446 e. The fourth-order valence-electron chi connectivity index (χ4n) is 4.04. The van der Waals surface area contributed by atoms with Gasteiger partial charge in [0.25, 0.3) is 5.91 Å². The maximum Gasteiger partial charge on any atom is 0.420 e. The van der Waals surface area contributed by atoms with Crippen molar-refractivity contribution in [3.8, 4) is 0 Å². The maximum atomic E-state index is 15.1. The molecule has 1 saturated carbocycles. The first-order valence-corrected chi connectivity index (χ1v) is 11.6. The van der Waals surface area contributed by atoms with Crippen molar-refractivity contribution in [1.82, 2.24) is 15.6 Å². The highest BCUT2D eigenvalue weighted by Gasteiger charge is 2.41. The molecule has 0 radical (unpaired) electrons. The minimum atomic E-state index is -4.96. The number of nitrogens with zero attached hydrogens (tertiary/aromatic N) is 2. The van der Waals surface area contributed by atoms with E-state index in [1.807, 2.05) is 6.92 Å². The van der Waals surface area contributed by atoms with Crippen LogP contribution < -0.4 is 15.5 Å². The van der Waals surface area contributed by atoms with Crippen LogP contribution in [-0.4, -0.2) is 49.3 Å². The van der Waals surface area contributed by atoms with Crippen LogP contribution in [0.4, 0.5) is 28.2 Å². The van der Waals surface area contributed by atoms with Crippen LogP contribution in [0, 0.1) is 11.7 Å². The number of pyridine rings is 1. The normalized spacial score (nSPS) is 18.3. The molecule has 180 valence electrons. The standard InChI is InChI=1S/C21H24F4N4O3S/c1-10(11-3-4-11)27-20(31)32-12-5-7-29(8-6-12)18-15(22)14(21(23,24)25)17-16(28-18)13(9-33-17)19(30)26-2/h9-12H,3-8H2,1-2H3,(H,26,30)(H,27,31)/t10-/m0/s1. The lowest BCUT2D eigenvalue weighted by atomic mass is 10.1. The summed E-state index contributed by atoms with van der Waals surface area (Å²) in [7, 11) is 1.35. The van der Waals surface area contributed by atoms with Crippen LogP contribution in [0.3, 0.4) is 0 Å². The summed E-state index contributed by atoms with van der Waals surface area (Å²) in [6, 6.07) is 0.0310. The van der Waals surface area contributed by atoms with Gasteiger partial charge in [0.05, 0.1) is 15.8 Å². The number of alkyl halides is 3. The molecule has 1 atom stereocenters. The lowest BCUT2D eigenvalue weighted by Crippen LogP contribution is -2.42. The summed E-state index contributed by atoms with van der Waals surface area (Å²) < 4.78 is 61.3. The predicted molar refractivity (Wildman–Crippen MR) is 115 cm³/mol. The van der Waals surface area contributed by atoms with Gasteiger partial charge in [-0.25, -0.2) is 14.2 Å². The molecule has 0 spiro atoms. The third-order valence-electron chi connectivity index (χ3n) is 6.07. The molecule has 0 bridgehead atoms. The third-order valence-corrected chi connectivity index (χ3v) is 7.06. The largest absolute Gasteiger partial charge is 0.446 e. The molecule has 12 heteroatoms. The summed E-state index contributed by atoms with van der Waals surface area (Å²) in [5.41, 5.74) is -1.65. The number of hydrogen-bond donors (Lipinski definition) is 2. The Morgan fingerprint density at radius 2 is 1.91 bits per heavy atom. The Morgan fingerprint density at radius 1 is 1.24 bits per heavy atom. The van der Waals surface area contributed by atoms with Crippen LogP contribution in [0.2, 0.25) is 0 Å². The van der Waals surface area contributed by atoms with Crippen molar-refractivity contribution in [3.63, 3.8) is 0 Å². The van der Waals surface area contributed by atoms with Crippen LogP contribution in [0.5, 0.6) is 0 Å². The average Bonchev–Trinajstić information content (AvgIpc) is 3.53. The van der Waals surface area contributed by atoms with E-state index < -0.39 is 46.2 Å². The average molecular weight is 489 g/mol. The molecule has 1 aliphatic heterocycles. The molecule has 2 fully saturated rings. The van der Waals surface area contributed by atoms with E-state index in [0.29, 0.717) is 30.1 Å². The highest BCUT2D eigenvalue weighted by molar-refractivity contribution is 7.17. The van der Waals surface area contributed by atoms with Gasteiger partial charge in [-0.05, 0) is 25.7 Å². The summed E-state index contributed by atoms with van der Waals surface area (Å²) in [5, 5.41) is 6.41. The summed E-state index contributed by atoms with van der Waals surface area (Å²) >= 11 is 0.633. The number of piperidine rings is 1. The number of hydrogen-bond acceptors (Lipinski definition) is 6. The van der Waals surface area contributed by atoms with E-state index in [9.17, 15) is 22.8 Å². The monoisotopic (exact) mass is 488 g/mol. The fourth-order valence-corrected chi connectivity index (χ4v) is 5.08. The van der Waals surface area contributed by atoms with E-state index in [-0.39, 0.29) is 30.2 Å². The molecule has 33 heavy (non-hydrogen) atoms. The minimum absolute atomic E-state index is 0.0310. The molecule has 7 nitrogen and oxygen atoms in total. The van der Waals surface area contributed by atoms with Crippen LogP contribution in [0.25, 0.3) is 10.2 Å². The summed E-state index contributed by atoms with van der Waals surface area (Å²) in [6.45, 7) is 2.23. The maximum absolute atomic E-state index is 15.1. The second-order valence-corrected chi connectivity index (χ2v) is 9.27. The molecular weight excluding hydrogens is 464 g/mol. The van der Waals surface area contributed by atoms with Gasteiger partial charge < -0.3 is 20.3 Å². The first-order valence-electron chi connectivity index (χ1n) is 10.7. The smallest absolute Gasteiger partial charge is 0.420 e. The predicted octanol–water partition coefficient (Wildman–Crippen LogP) is 4.31. The molecule has 2 aromatic heterocycles. The molecule has 2 N–H and O–H groups in total. The highest BCUT2D eigenvalue weighted by atomic mass is 32.1. The van der Waals surface area contributed by atoms with E-state index in [0.717, 1.165) is 12.8 Å². The van der Waals surface area contributed by atoms with Crippen molar-refractivity contribution < 1.29 is 31.9 Å². The molecule has 0 unspecified atom stereocenters. The van der Waals surface area contributed by atoms with Crippen molar-refractivity contribution in [2.75, 3.05) is 25.0 Å². The molecule has 1 aliphatic carbocycles. The summed E-state index contributed by atoms with van der Waals surface area (Å²) in [6.07, 6.45) is -3.11. The zero-order chi connectivity index (χ0) is 23.9. The molecule has 3 heterocycles. The Kier molecular flexibility index (Phi) is 6.39. The number of thiophene rings is 1. The van der Waals surface area contributed by atoms with Gasteiger partial charge in [0.15, 0.2) is 11.6 Å². The Hall–Kier alpha value is -2.63. The van der Waals surface area contributed by atoms with Crippen molar-refractivity contribution >= 4 is 39.4 Å². The van der Waals surface area contributed by atoms with Crippen molar-refractivity contribution in [2.45, 2.75) is 50.9 Å². The number of nitrogens with one attached hydrogen (secondary N) is 2. The van der Waals surface area contributed by atoms with Gasteiger partial charge in [0.1, 0.15) is 11.7 Å². The van der Waals surface area contributed by atoms with Crippen LogP contribution >= 0.6 is 11.3 Å². The molecule has 0 aromatic carbocycles. The molecule has 2 aliphatic rings. The van der Waals surface area contributed by atoms with E-state index in [1.54, 1.807) is 0 Å². The number of rotatable bonds is 5. The van der Waals surface area contributed by atoms with Gasteiger partial charge in [-0.3, -0.25) is 4.79 Å².